The van der Waals surface area contributed by atoms with E-state index in [0.29, 0.717) is 35.4 Å². The highest BCUT2D eigenvalue weighted by Crippen LogP contribution is 2.34. The highest BCUT2D eigenvalue weighted by Gasteiger charge is 2.21. The molecular formula is C26H28N8O3. The van der Waals surface area contributed by atoms with Gasteiger partial charge in [-0.2, -0.15) is 9.97 Å². The van der Waals surface area contributed by atoms with E-state index in [0.717, 1.165) is 30.3 Å². The zero-order valence-electron chi connectivity index (χ0n) is 20.9. The predicted octanol–water partition coefficient (Wildman–Crippen LogP) is 3.67. The van der Waals surface area contributed by atoms with E-state index in [2.05, 4.69) is 19.9 Å². The van der Waals surface area contributed by atoms with Gasteiger partial charge in [-0.3, -0.25) is 10.4 Å². The van der Waals surface area contributed by atoms with Crippen molar-refractivity contribution in [3.63, 3.8) is 0 Å². The van der Waals surface area contributed by atoms with Crippen molar-refractivity contribution >= 4 is 22.8 Å². The third-order valence-corrected chi connectivity index (χ3v) is 6.09. The van der Waals surface area contributed by atoms with Gasteiger partial charge in [-0.15, -0.1) is 0 Å². The molecule has 0 spiro atoms. The number of likely N-dealkylation sites (N-methyl/N-ethyl adjacent to an activating group) is 1. The highest BCUT2D eigenvalue weighted by atomic mass is 16.5. The number of phenols is 1. The van der Waals surface area contributed by atoms with E-state index < -0.39 is 0 Å². The molecule has 0 aliphatic carbocycles. The van der Waals surface area contributed by atoms with Gasteiger partial charge in [0.05, 0.1) is 6.54 Å². The summed E-state index contributed by atoms with van der Waals surface area (Å²) in [5.41, 5.74) is 8.01. The molecule has 1 aliphatic rings. The van der Waals surface area contributed by atoms with E-state index in [1.165, 1.54) is 18.2 Å². The second-order valence-electron chi connectivity index (χ2n) is 8.56. The molecule has 4 aromatic rings. The van der Waals surface area contributed by atoms with Crippen LogP contribution in [0.15, 0.2) is 47.5 Å². The monoisotopic (exact) mass is 500 g/mol. The summed E-state index contributed by atoms with van der Waals surface area (Å²) in [4.78, 5) is 20.5. The second kappa shape index (κ2) is 9.76. The first-order valence-corrected chi connectivity index (χ1v) is 12.0. The van der Waals surface area contributed by atoms with Crippen LogP contribution in [0.2, 0.25) is 0 Å². The van der Waals surface area contributed by atoms with Crippen LogP contribution < -0.4 is 15.2 Å². The number of nitrogens with zero attached hydrogens (tertiary/aromatic N) is 6. The standard InChI is InChI=1S/C26H28N8O3/c1-4-20-30-21-24(34(20)5-2)31-26(37-19-14-15(22(27)28)9-10-18(19)35)32-25(21)36-17-8-6-7-16(13-17)23-29-11-12-33(23)3/h6-10,13-14,35H,4-5,11-12H2,1-3H3,(H3,27,28). The van der Waals surface area contributed by atoms with E-state index in [4.69, 9.17) is 25.6 Å². The maximum atomic E-state index is 10.3. The fraction of sp³-hybridized carbons (Fsp3) is 0.269. The second-order valence-corrected chi connectivity index (χ2v) is 8.56. The molecule has 11 nitrogen and oxygen atoms in total. The molecule has 3 heterocycles. The number of nitrogens with one attached hydrogen (secondary N) is 1. The first kappa shape index (κ1) is 24.0. The molecule has 0 saturated heterocycles. The van der Waals surface area contributed by atoms with Gasteiger partial charge in [-0.25, -0.2) is 4.98 Å². The molecule has 11 heteroatoms. The molecule has 4 N–H and O–H groups in total. The topological polar surface area (TPSA) is 148 Å². The highest BCUT2D eigenvalue weighted by molar-refractivity contribution is 6.00. The average Bonchev–Trinajstić information content (AvgIpc) is 3.48. The largest absolute Gasteiger partial charge is 0.504 e. The summed E-state index contributed by atoms with van der Waals surface area (Å²) in [7, 11) is 2.01. The van der Waals surface area contributed by atoms with Gasteiger partial charge in [0, 0.05) is 37.7 Å². The van der Waals surface area contributed by atoms with Crippen LogP contribution >= 0.6 is 0 Å². The number of imidazole rings is 1. The van der Waals surface area contributed by atoms with E-state index in [1.807, 2.05) is 49.7 Å². The number of hydrogen-bond acceptors (Lipinski definition) is 9. The Hall–Kier alpha value is -4.67. The number of hydrogen-bond donors (Lipinski definition) is 3. The lowest BCUT2D eigenvalue weighted by molar-refractivity contribution is 0.383. The number of nitrogens with two attached hydrogens (primary N) is 1. The maximum absolute atomic E-state index is 10.3. The first-order valence-electron chi connectivity index (χ1n) is 12.0. The molecule has 5 rings (SSSR count). The average molecular weight is 501 g/mol. The smallest absolute Gasteiger partial charge is 0.327 e. The first-order chi connectivity index (χ1) is 17.9. The Bertz CT molecular complexity index is 1530. The Morgan fingerprint density at radius 3 is 2.65 bits per heavy atom. The van der Waals surface area contributed by atoms with E-state index in [1.54, 1.807) is 0 Å². The SMILES string of the molecule is CCc1nc2c(Oc3cccc(C4=NCCN4C)c3)nc(Oc3cc(C(=N)N)ccc3O)nc2n1CC. The quantitative estimate of drug-likeness (QED) is 0.245. The molecule has 0 saturated carbocycles. The van der Waals surface area contributed by atoms with Crippen LogP contribution in [-0.4, -0.2) is 61.3 Å². The Labute approximate surface area is 213 Å². The van der Waals surface area contributed by atoms with Gasteiger partial charge in [0.2, 0.25) is 0 Å². The van der Waals surface area contributed by atoms with Crippen molar-refractivity contribution in [1.29, 1.82) is 5.41 Å². The summed E-state index contributed by atoms with van der Waals surface area (Å²) in [6.07, 6.45) is 0.697. The predicted molar refractivity (Wildman–Crippen MR) is 140 cm³/mol. The number of amidine groups is 2. The summed E-state index contributed by atoms with van der Waals surface area (Å²) < 4.78 is 14.1. The summed E-state index contributed by atoms with van der Waals surface area (Å²) in [5.74, 6) is 2.32. The molecule has 2 aromatic heterocycles. The van der Waals surface area contributed by atoms with Crippen LogP contribution in [0.1, 0.15) is 30.8 Å². The Balaban J connectivity index is 1.58. The summed E-state index contributed by atoms with van der Waals surface area (Å²) in [5, 5.41) is 18.0. The van der Waals surface area contributed by atoms with Crippen molar-refractivity contribution < 1.29 is 14.6 Å². The molecule has 0 fully saturated rings. The van der Waals surface area contributed by atoms with Gasteiger partial charge >= 0.3 is 6.01 Å². The molecular weight excluding hydrogens is 472 g/mol. The lowest BCUT2D eigenvalue weighted by Crippen LogP contribution is -2.23. The number of aromatic hydroxyl groups is 1. The van der Waals surface area contributed by atoms with Crippen molar-refractivity contribution in [3.8, 4) is 29.1 Å². The fourth-order valence-corrected chi connectivity index (χ4v) is 4.24. The third kappa shape index (κ3) is 4.63. The van der Waals surface area contributed by atoms with E-state index in [-0.39, 0.29) is 29.2 Å². The third-order valence-electron chi connectivity index (χ3n) is 6.09. The summed E-state index contributed by atoms with van der Waals surface area (Å²) in [6, 6.07) is 12.0. The fourth-order valence-electron chi connectivity index (χ4n) is 4.24. The van der Waals surface area contributed by atoms with Gasteiger partial charge in [-0.05, 0) is 37.3 Å². The minimum absolute atomic E-state index is 0.0354. The van der Waals surface area contributed by atoms with Gasteiger partial charge in [-0.1, -0.05) is 19.1 Å². The number of benzene rings is 2. The van der Waals surface area contributed by atoms with Crippen LogP contribution in [0, 0.1) is 5.41 Å². The van der Waals surface area contributed by atoms with Crippen molar-refractivity contribution in [2.24, 2.45) is 10.7 Å². The molecule has 0 atom stereocenters. The summed E-state index contributed by atoms with van der Waals surface area (Å²) in [6.45, 7) is 6.30. The van der Waals surface area contributed by atoms with E-state index in [9.17, 15) is 5.11 Å². The van der Waals surface area contributed by atoms with Gasteiger partial charge in [0.15, 0.2) is 22.7 Å². The summed E-state index contributed by atoms with van der Waals surface area (Å²) >= 11 is 0. The van der Waals surface area contributed by atoms with Gasteiger partial charge < -0.3 is 29.8 Å². The molecule has 1 aliphatic heterocycles. The maximum Gasteiger partial charge on any atom is 0.327 e. The molecule has 0 radical (unpaired) electrons. The Kier molecular flexibility index (Phi) is 6.34. The zero-order chi connectivity index (χ0) is 26.1. The van der Waals surface area contributed by atoms with Crippen LogP contribution in [-0.2, 0) is 13.0 Å². The molecule has 0 unspecified atom stereocenters. The molecule has 37 heavy (non-hydrogen) atoms. The lowest BCUT2D eigenvalue weighted by atomic mass is 10.2. The molecule has 0 amide bonds. The normalized spacial score (nSPS) is 13.2. The van der Waals surface area contributed by atoms with Crippen molar-refractivity contribution in [1.82, 2.24) is 24.4 Å². The Morgan fingerprint density at radius 1 is 1.11 bits per heavy atom. The molecule has 0 bridgehead atoms. The Morgan fingerprint density at radius 2 is 1.95 bits per heavy atom. The number of aliphatic imine (C=N–C) groups is 1. The number of rotatable bonds is 8. The number of ether oxygens (including phenoxy) is 2. The lowest BCUT2D eigenvalue weighted by Gasteiger charge is -2.15. The number of phenolic OH excluding ortho intramolecular Hbond substituents is 1. The molecule has 190 valence electrons. The van der Waals surface area contributed by atoms with Crippen LogP contribution in [0.25, 0.3) is 11.2 Å². The van der Waals surface area contributed by atoms with E-state index >= 15 is 0 Å². The van der Waals surface area contributed by atoms with Crippen LogP contribution in [0.3, 0.4) is 0 Å². The van der Waals surface area contributed by atoms with Gasteiger partial charge in [0.25, 0.3) is 5.88 Å². The van der Waals surface area contributed by atoms with Crippen LogP contribution in [0.5, 0.6) is 29.1 Å². The number of aromatic nitrogens is 4. The zero-order valence-corrected chi connectivity index (χ0v) is 20.9. The van der Waals surface area contributed by atoms with Gasteiger partial charge in [0.1, 0.15) is 23.2 Å². The number of nitrogen functional groups attached to an aromatic ring is 1. The van der Waals surface area contributed by atoms with Crippen molar-refractivity contribution in [2.45, 2.75) is 26.8 Å². The van der Waals surface area contributed by atoms with Crippen LogP contribution in [0.4, 0.5) is 0 Å². The number of aryl methyl sites for hydroxylation is 2. The minimum Gasteiger partial charge on any atom is -0.504 e. The van der Waals surface area contributed by atoms with Crippen molar-refractivity contribution in [2.75, 3.05) is 20.1 Å². The minimum atomic E-state index is -0.153. The van der Waals surface area contributed by atoms with Crippen molar-refractivity contribution in [3.05, 3.63) is 59.4 Å². The molecule has 2 aromatic carbocycles. The number of fused-ring (bicyclic) bond motifs is 1.